The molecule has 10 nitrogen and oxygen atoms in total. The summed E-state index contributed by atoms with van der Waals surface area (Å²) < 4.78 is 34.0. The van der Waals surface area contributed by atoms with Crippen molar-refractivity contribution in [2.75, 3.05) is 18.2 Å². The van der Waals surface area contributed by atoms with E-state index >= 15 is 0 Å². The van der Waals surface area contributed by atoms with E-state index in [9.17, 15) is 8.78 Å². The molecule has 1 aromatic carbocycles. The summed E-state index contributed by atoms with van der Waals surface area (Å²) in [5.74, 6) is -1.32. The number of benzene rings is 1. The van der Waals surface area contributed by atoms with Crippen LogP contribution in [0.5, 0.6) is 5.88 Å². The van der Waals surface area contributed by atoms with Crippen LogP contribution in [-0.4, -0.2) is 31.6 Å². The van der Waals surface area contributed by atoms with Crippen LogP contribution in [0.3, 0.4) is 0 Å². The average molecular weight is 465 g/mol. The first-order valence-corrected chi connectivity index (χ1v) is 10.2. The first-order chi connectivity index (χ1) is 16.5. The first kappa shape index (κ1) is 22.7. The molecular formula is C22H21F2N9O. The molecule has 174 valence electrons. The highest BCUT2D eigenvalue weighted by atomic mass is 19.2. The van der Waals surface area contributed by atoms with Gasteiger partial charge in [-0.15, -0.1) is 0 Å². The number of halogens is 2. The molecule has 0 radical (unpaired) electrons. The van der Waals surface area contributed by atoms with Gasteiger partial charge >= 0.3 is 0 Å². The molecule has 4 rings (SSSR count). The molecular weight excluding hydrogens is 444 g/mol. The zero-order valence-electron chi connectivity index (χ0n) is 18.3. The van der Waals surface area contributed by atoms with Crippen LogP contribution in [-0.2, 0) is 0 Å². The second-order valence-corrected chi connectivity index (χ2v) is 7.23. The van der Waals surface area contributed by atoms with E-state index in [1.807, 2.05) is 17.7 Å². The van der Waals surface area contributed by atoms with Crippen molar-refractivity contribution in [3.05, 3.63) is 66.8 Å². The van der Waals surface area contributed by atoms with Gasteiger partial charge in [0.1, 0.15) is 29.8 Å². The second kappa shape index (κ2) is 9.57. The molecule has 4 aromatic rings. The van der Waals surface area contributed by atoms with Gasteiger partial charge < -0.3 is 20.4 Å². The lowest BCUT2D eigenvalue weighted by Crippen LogP contribution is -2.11. The Morgan fingerprint density at radius 1 is 1.24 bits per heavy atom. The Morgan fingerprint density at radius 3 is 2.76 bits per heavy atom. The van der Waals surface area contributed by atoms with E-state index in [1.165, 1.54) is 32.0 Å². The molecule has 0 spiro atoms. The molecule has 0 saturated carbocycles. The van der Waals surface area contributed by atoms with Gasteiger partial charge in [0.2, 0.25) is 5.88 Å². The predicted octanol–water partition coefficient (Wildman–Crippen LogP) is 4.69. The van der Waals surface area contributed by atoms with Gasteiger partial charge in [0, 0.05) is 35.9 Å². The van der Waals surface area contributed by atoms with Crippen molar-refractivity contribution in [2.45, 2.75) is 19.4 Å². The zero-order chi connectivity index (χ0) is 24.2. The minimum Gasteiger partial charge on any atom is -0.480 e. The van der Waals surface area contributed by atoms with Gasteiger partial charge in [0.25, 0.3) is 0 Å². The summed E-state index contributed by atoms with van der Waals surface area (Å²) in [6.45, 7) is 1.92. The number of nitrogens with zero attached hydrogens (tertiary/aromatic N) is 6. The fourth-order valence-electron chi connectivity index (χ4n) is 3.71. The Hall–Kier alpha value is -4.48. The third-order valence-electron chi connectivity index (χ3n) is 5.30. The molecule has 0 aliphatic rings. The molecule has 0 amide bonds. The quantitative estimate of drug-likeness (QED) is 0.321. The average Bonchev–Trinajstić information content (AvgIpc) is 3.24. The second-order valence-electron chi connectivity index (χ2n) is 7.23. The van der Waals surface area contributed by atoms with Crippen molar-refractivity contribution < 1.29 is 13.5 Å². The summed E-state index contributed by atoms with van der Waals surface area (Å²) in [5, 5.41) is 7.12. The van der Waals surface area contributed by atoms with Crippen LogP contribution in [0.25, 0.3) is 22.2 Å². The van der Waals surface area contributed by atoms with Gasteiger partial charge in [0.05, 0.1) is 24.1 Å². The number of nitrogen functional groups attached to an aromatic ring is 1. The molecule has 34 heavy (non-hydrogen) atoms. The molecule has 0 aliphatic carbocycles. The minimum atomic E-state index is -0.984. The number of allylic oxidation sites excluding steroid dienone is 1. The van der Waals surface area contributed by atoms with Crippen molar-refractivity contribution in [3.8, 4) is 17.0 Å². The Balaban J connectivity index is 1.83. The van der Waals surface area contributed by atoms with Crippen molar-refractivity contribution in [3.63, 3.8) is 0 Å². The zero-order valence-corrected chi connectivity index (χ0v) is 18.3. The number of aromatic nitrogens is 5. The first-order valence-electron chi connectivity index (χ1n) is 10.2. The molecule has 1 unspecified atom stereocenters. The molecule has 0 aliphatic heterocycles. The van der Waals surface area contributed by atoms with Gasteiger partial charge in [-0.1, -0.05) is 6.92 Å². The normalized spacial score (nSPS) is 12.5. The van der Waals surface area contributed by atoms with E-state index in [1.54, 1.807) is 6.20 Å². The molecule has 0 bridgehead atoms. The lowest BCUT2D eigenvalue weighted by atomic mass is 10.1. The maximum Gasteiger partial charge on any atom is 0.224 e. The van der Waals surface area contributed by atoms with Crippen LogP contribution in [0.2, 0.25) is 0 Å². The van der Waals surface area contributed by atoms with Crippen LogP contribution in [0, 0.1) is 17.2 Å². The van der Waals surface area contributed by atoms with E-state index in [0.29, 0.717) is 45.8 Å². The number of ether oxygens (including phenoxy) is 1. The number of rotatable bonds is 8. The molecule has 4 N–H and O–H groups in total. The molecule has 0 saturated heterocycles. The highest BCUT2D eigenvalue weighted by Gasteiger charge is 2.24. The Kier molecular flexibility index (Phi) is 6.39. The van der Waals surface area contributed by atoms with Crippen molar-refractivity contribution in [2.24, 2.45) is 5.11 Å². The van der Waals surface area contributed by atoms with Gasteiger partial charge in [-0.3, -0.25) is 0 Å². The highest BCUT2D eigenvalue weighted by Crippen LogP contribution is 2.39. The van der Waals surface area contributed by atoms with E-state index in [2.05, 4.69) is 30.4 Å². The largest absolute Gasteiger partial charge is 0.480 e. The molecule has 3 aromatic heterocycles. The summed E-state index contributed by atoms with van der Waals surface area (Å²) in [6, 6.07) is 2.97. The summed E-state index contributed by atoms with van der Waals surface area (Å²) in [5.41, 5.74) is 16.4. The lowest BCUT2D eigenvalue weighted by Gasteiger charge is -2.18. The van der Waals surface area contributed by atoms with Crippen molar-refractivity contribution >= 4 is 22.5 Å². The Labute approximate surface area is 193 Å². The lowest BCUT2D eigenvalue weighted by molar-refractivity contribution is 0.398. The molecule has 3 heterocycles. The topological polar surface area (TPSA) is 140 Å². The summed E-state index contributed by atoms with van der Waals surface area (Å²) in [4.78, 5) is 16.8. The number of anilines is 2. The standard InChI is InChI=1S/C22H21F2N9O/c1-3-18(17(32-26)8-28-12-4-5-15(23)16(24)6-12)33-9-14(13-7-27-10-31-22(13)34-2)19-20(25)29-11-30-21(19)33/h4-11,18,26,28H,3H2,1-2H3,(H2,25,29,30)/b17-8-,32-26?. The number of hydrogen-bond acceptors (Lipinski definition) is 9. The molecule has 1 atom stereocenters. The highest BCUT2D eigenvalue weighted by molar-refractivity contribution is 6.01. The third-order valence-corrected chi connectivity index (χ3v) is 5.30. The van der Waals surface area contributed by atoms with Crippen LogP contribution in [0.1, 0.15) is 19.4 Å². The maximum atomic E-state index is 13.6. The number of methoxy groups -OCH3 is 1. The van der Waals surface area contributed by atoms with Crippen LogP contribution >= 0.6 is 0 Å². The fraction of sp³-hybridized carbons (Fsp3) is 0.182. The smallest absolute Gasteiger partial charge is 0.224 e. The van der Waals surface area contributed by atoms with E-state index in [4.69, 9.17) is 16.0 Å². The fourth-order valence-corrected chi connectivity index (χ4v) is 3.71. The third kappa shape index (κ3) is 4.12. The number of nitrogens with two attached hydrogens (primary N) is 1. The predicted molar refractivity (Wildman–Crippen MR) is 122 cm³/mol. The van der Waals surface area contributed by atoms with Gasteiger partial charge in [-0.2, -0.15) is 5.11 Å². The van der Waals surface area contributed by atoms with E-state index in [0.717, 1.165) is 12.1 Å². The van der Waals surface area contributed by atoms with Crippen LogP contribution in [0.15, 0.2) is 60.3 Å². The van der Waals surface area contributed by atoms with Gasteiger partial charge in [0.15, 0.2) is 11.6 Å². The summed E-state index contributed by atoms with van der Waals surface area (Å²) in [6.07, 6.45) is 8.14. The Bertz CT molecular complexity index is 1390. The van der Waals surface area contributed by atoms with E-state index < -0.39 is 17.7 Å². The SMILES string of the molecule is CCC(/C(=C/Nc1ccc(F)c(F)c1)N=N)n1cc(-c2cncnc2OC)c2c(N)ncnc21. The Morgan fingerprint density at radius 2 is 2.06 bits per heavy atom. The van der Waals surface area contributed by atoms with Crippen LogP contribution < -0.4 is 15.8 Å². The minimum absolute atomic E-state index is 0.257. The van der Waals surface area contributed by atoms with Gasteiger partial charge in [-0.05, 0) is 18.6 Å². The monoisotopic (exact) mass is 465 g/mol. The number of nitrogens with one attached hydrogen (secondary N) is 2. The van der Waals surface area contributed by atoms with E-state index in [-0.39, 0.29) is 5.82 Å². The van der Waals surface area contributed by atoms with Crippen molar-refractivity contribution in [1.29, 1.82) is 5.53 Å². The van der Waals surface area contributed by atoms with Crippen LogP contribution in [0.4, 0.5) is 20.3 Å². The van der Waals surface area contributed by atoms with Gasteiger partial charge in [-0.25, -0.2) is 34.2 Å². The molecule has 12 heteroatoms. The summed E-state index contributed by atoms with van der Waals surface area (Å²) >= 11 is 0. The van der Waals surface area contributed by atoms with Crippen molar-refractivity contribution in [1.82, 2.24) is 24.5 Å². The maximum absolute atomic E-state index is 13.6. The number of hydrogen-bond donors (Lipinski definition) is 3. The molecule has 0 fully saturated rings. The summed E-state index contributed by atoms with van der Waals surface area (Å²) in [7, 11) is 1.50. The number of fused-ring (bicyclic) bond motifs is 1.